The first-order valence-corrected chi connectivity index (χ1v) is 15.2. The Morgan fingerprint density at radius 2 is 1.80 bits per heavy atom. The number of nitrogens with one attached hydrogen (secondary N) is 1. The molecule has 44 heavy (non-hydrogen) atoms. The number of benzene rings is 4. The van der Waals surface area contributed by atoms with E-state index in [9.17, 15) is 4.79 Å². The van der Waals surface area contributed by atoms with Crippen LogP contribution >= 0.6 is 35.0 Å². The van der Waals surface area contributed by atoms with Crippen LogP contribution in [0.2, 0.25) is 10.0 Å². The van der Waals surface area contributed by atoms with Crippen molar-refractivity contribution in [1.82, 2.24) is 20.2 Å². The first-order valence-electron chi connectivity index (χ1n) is 13.6. The first kappa shape index (κ1) is 29.5. The lowest BCUT2D eigenvalue weighted by atomic mass is 10.0. The molecule has 0 radical (unpaired) electrons. The molecule has 0 unspecified atom stereocenters. The highest BCUT2D eigenvalue weighted by molar-refractivity contribution is 7.99. The summed E-state index contributed by atoms with van der Waals surface area (Å²) in [4.78, 5) is 12.5. The van der Waals surface area contributed by atoms with E-state index in [2.05, 4.69) is 51.1 Å². The Labute approximate surface area is 267 Å². The average Bonchev–Trinajstić information content (AvgIpc) is 3.65. The number of amides is 1. The summed E-state index contributed by atoms with van der Waals surface area (Å²) in [6.45, 7) is 1.59. The van der Waals surface area contributed by atoms with E-state index in [0.29, 0.717) is 38.2 Å². The molecule has 6 rings (SSSR count). The van der Waals surface area contributed by atoms with E-state index in [4.69, 9.17) is 32.4 Å². The van der Waals surface area contributed by atoms with Gasteiger partial charge in [-0.05, 0) is 77.5 Å². The summed E-state index contributed by atoms with van der Waals surface area (Å²) < 4.78 is 13.6. The van der Waals surface area contributed by atoms with Crippen LogP contribution in [0, 0.1) is 0 Å². The van der Waals surface area contributed by atoms with Crippen LogP contribution in [0.15, 0.2) is 123 Å². The highest BCUT2D eigenvalue weighted by atomic mass is 35.5. The van der Waals surface area contributed by atoms with Crippen molar-refractivity contribution in [2.45, 2.75) is 29.7 Å². The molecule has 0 saturated carbocycles. The van der Waals surface area contributed by atoms with Crippen LogP contribution in [0.25, 0.3) is 16.5 Å². The zero-order chi connectivity index (χ0) is 30.5. The number of aromatic nitrogens is 3. The summed E-state index contributed by atoms with van der Waals surface area (Å²) in [5.41, 5.74) is 4.57. The van der Waals surface area contributed by atoms with Gasteiger partial charge >= 0.3 is 0 Å². The van der Waals surface area contributed by atoms with Gasteiger partial charge in [0.1, 0.15) is 17.3 Å². The van der Waals surface area contributed by atoms with Gasteiger partial charge in [0.15, 0.2) is 11.2 Å². The number of carbonyl (C=O) groups excluding carboxylic acids is 1. The number of fused-ring (bicyclic) bond motifs is 1. The van der Waals surface area contributed by atoms with Crippen molar-refractivity contribution in [3.8, 4) is 11.4 Å². The Morgan fingerprint density at radius 3 is 2.64 bits per heavy atom. The Morgan fingerprint density at radius 1 is 1.00 bits per heavy atom. The molecule has 6 aromatic rings. The lowest BCUT2D eigenvalue weighted by Crippen LogP contribution is -2.33. The fourth-order valence-electron chi connectivity index (χ4n) is 4.55. The molecule has 0 aliphatic rings. The van der Waals surface area contributed by atoms with Gasteiger partial charge in [-0.25, -0.2) is 5.43 Å². The largest absolute Gasteiger partial charge is 0.479 e. The van der Waals surface area contributed by atoms with Crippen molar-refractivity contribution in [3.05, 3.63) is 130 Å². The summed E-state index contributed by atoms with van der Waals surface area (Å²) in [5.74, 6) is 1.15. The number of halogens is 2. The Bertz CT molecular complexity index is 1950. The molecule has 0 saturated heterocycles. The fraction of sp³-hybridized carbons (Fsp3) is 0.0909. The van der Waals surface area contributed by atoms with Gasteiger partial charge in [0.25, 0.3) is 5.91 Å². The van der Waals surface area contributed by atoms with E-state index in [1.807, 2.05) is 53.1 Å². The van der Waals surface area contributed by atoms with Crippen LogP contribution in [-0.2, 0) is 11.2 Å². The van der Waals surface area contributed by atoms with Gasteiger partial charge in [-0.15, -0.1) is 10.2 Å². The highest BCUT2D eigenvalue weighted by Gasteiger charge is 2.19. The Hall–Kier alpha value is -4.57. The number of nitrogens with zero attached hydrogens (tertiary/aromatic N) is 4. The number of hydrogen-bond acceptors (Lipinski definition) is 7. The molecule has 2 heterocycles. The SMILES string of the molecule is C[C@H](Oc1ccc(Cl)cc1Cl)C(=O)N/N=C/c1ccc(Sc2nnc(Cc3cccc4ccccc34)n2-c2ccccc2)o1. The number of rotatable bonds is 10. The molecule has 11 heteroatoms. The lowest BCUT2D eigenvalue weighted by Gasteiger charge is -2.14. The van der Waals surface area contributed by atoms with Gasteiger partial charge in [-0.2, -0.15) is 5.10 Å². The van der Waals surface area contributed by atoms with Crippen LogP contribution < -0.4 is 10.2 Å². The maximum absolute atomic E-state index is 12.5. The van der Waals surface area contributed by atoms with Gasteiger partial charge in [0.2, 0.25) is 5.16 Å². The van der Waals surface area contributed by atoms with Crippen LogP contribution in [0.1, 0.15) is 24.1 Å². The van der Waals surface area contributed by atoms with Crippen LogP contribution in [0.4, 0.5) is 0 Å². The van der Waals surface area contributed by atoms with Gasteiger partial charge in [0, 0.05) is 17.1 Å². The molecule has 8 nitrogen and oxygen atoms in total. The van der Waals surface area contributed by atoms with Gasteiger partial charge in [-0.3, -0.25) is 9.36 Å². The third-order valence-corrected chi connectivity index (χ3v) is 8.07. The second kappa shape index (κ2) is 13.4. The minimum Gasteiger partial charge on any atom is -0.479 e. The van der Waals surface area contributed by atoms with E-state index in [-0.39, 0.29) is 0 Å². The smallest absolute Gasteiger partial charge is 0.280 e. The third-order valence-electron chi connectivity index (χ3n) is 6.67. The van der Waals surface area contributed by atoms with Crippen LogP contribution in [0.5, 0.6) is 5.75 Å². The van der Waals surface area contributed by atoms with Crippen LogP contribution in [0.3, 0.4) is 0 Å². The highest BCUT2D eigenvalue weighted by Crippen LogP contribution is 2.32. The topological polar surface area (TPSA) is 94.5 Å². The number of ether oxygens (including phenoxy) is 1. The average molecular weight is 643 g/mol. The minimum atomic E-state index is -0.846. The zero-order valence-electron chi connectivity index (χ0n) is 23.4. The van der Waals surface area contributed by atoms with Crippen LogP contribution in [-0.4, -0.2) is 33.0 Å². The zero-order valence-corrected chi connectivity index (χ0v) is 25.7. The lowest BCUT2D eigenvalue weighted by molar-refractivity contribution is -0.127. The van der Waals surface area contributed by atoms with Gasteiger partial charge in [0.05, 0.1) is 11.2 Å². The fourth-order valence-corrected chi connectivity index (χ4v) is 5.84. The number of carbonyl (C=O) groups is 1. The Kier molecular flexibility index (Phi) is 8.97. The van der Waals surface area contributed by atoms with Crippen molar-refractivity contribution in [2.24, 2.45) is 5.10 Å². The third kappa shape index (κ3) is 6.81. The number of furan rings is 1. The monoisotopic (exact) mass is 641 g/mol. The standard InChI is InChI=1S/C33H25Cl2N5O3S/c1-21(42-29-16-14-24(34)19-28(29)35)32(41)38-36-20-26-15-17-31(43-26)44-33-39-37-30(40(33)25-11-3-2-4-12-25)18-23-10-7-9-22-8-5-6-13-27(22)23/h2-17,19-21H,18H2,1H3,(H,38,41)/b36-20+/t21-/m0/s1. The maximum Gasteiger partial charge on any atom is 0.280 e. The van der Waals surface area contributed by atoms with Crippen molar-refractivity contribution >= 4 is 57.9 Å². The molecule has 0 fully saturated rings. The molecule has 2 aromatic heterocycles. The minimum absolute atomic E-state index is 0.310. The molecule has 220 valence electrons. The predicted molar refractivity (Wildman–Crippen MR) is 173 cm³/mol. The predicted octanol–water partition coefficient (Wildman–Crippen LogP) is 7.98. The van der Waals surface area contributed by atoms with E-state index in [0.717, 1.165) is 11.5 Å². The van der Waals surface area contributed by atoms with Crippen molar-refractivity contribution in [2.75, 3.05) is 0 Å². The maximum atomic E-state index is 12.5. The normalized spacial score (nSPS) is 12.1. The molecule has 0 aliphatic heterocycles. The molecule has 0 aliphatic carbocycles. The summed E-state index contributed by atoms with van der Waals surface area (Å²) in [6.07, 6.45) is 1.17. The van der Waals surface area contributed by atoms with Gasteiger partial charge < -0.3 is 9.15 Å². The molecule has 0 bridgehead atoms. The van der Waals surface area contributed by atoms with Gasteiger partial charge in [-0.1, -0.05) is 83.9 Å². The first-order chi connectivity index (χ1) is 21.4. The molecule has 1 N–H and O–H groups in total. The van der Waals surface area contributed by atoms with Crippen molar-refractivity contribution < 1.29 is 13.9 Å². The summed E-state index contributed by atoms with van der Waals surface area (Å²) >= 11 is 13.4. The molecule has 0 spiro atoms. The summed E-state index contributed by atoms with van der Waals surface area (Å²) in [5, 5.41) is 17.5. The summed E-state index contributed by atoms with van der Waals surface area (Å²) in [7, 11) is 0. The number of hydrazone groups is 1. The molecular weight excluding hydrogens is 617 g/mol. The number of hydrogen-bond donors (Lipinski definition) is 1. The second-order valence-corrected chi connectivity index (χ2v) is 11.5. The second-order valence-electron chi connectivity index (χ2n) is 9.71. The summed E-state index contributed by atoms with van der Waals surface area (Å²) in [6, 6.07) is 32.9. The van der Waals surface area contributed by atoms with E-state index < -0.39 is 12.0 Å². The van der Waals surface area contributed by atoms with E-state index in [1.54, 1.807) is 31.2 Å². The van der Waals surface area contributed by atoms with E-state index in [1.165, 1.54) is 34.3 Å². The molecule has 1 amide bonds. The molecule has 1 atom stereocenters. The van der Waals surface area contributed by atoms with Crippen molar-refractivity contribution in [1.29, 1.82) is 0 Å². The van der Waals surface area contributed by atoms with E-state index >= 15 is 0 Å². The Balaban J connectivity index is 1.15. The molecule has 4 aromatic carbocycles. The quantitative estimate of drug-likeness (QED) is 0.120. The van der Waals surface area contributed by atoms with Crippen molar-refractivity contribution in [3.63, 3.8) is 0 Å². The molecular formula is C33H25Cl2N5O3S. The number of para-hydroxylation sites is 1.